The molecule has 8 nitrogen and oxygen atoms in total. The first-order chi connectivity index (χ1) is 16.1. The summed E-state index contributed by atoms with van der Waals surface area (Å²) in [5.41, 5.74) is 2.87. The molecule has 2 aromatic heterocycles. The molecule has 1 saturated heterocycles. The van der Waals surface area contributed by atoms with Gasteiger partial charge in [-0.15, -0.1) is 0 Å². The highest BCUT2D eigenvalue weighted by Crippen LogP contribution is 2.22. The quantitative estimate of drug-likeness (QED) is 0.396. The number of benzene rings is 1. The van der Waals surface area contributed by atoms with Crippen molar-refractivity contribution in [2.24, 2.45) is 0 Å². The van der Waals surface area contributed by atoms with Crippen molar-refractivity contribution in [2.45, 2.75) is 19.3 Å². The Balaban J connectivity index is 1.47. The highest BCUT2D eigenvalue weighted by atomic mass is 16.2. The zero-order chi connectivity index (χ0) is 23.0. The van der Waals surface area contributed by atoms with Crippen LogP contribution in [0.25, 0.3) is 11.3 Å². The summed E-state index contributed by atoms with van der Waals surface area (Å²) >= 11 is 0. The van der Waals surface area contributed by atoms with Crippen molar-refractivity contribution in [1.82, 2.24) is 15.3 Å². The lowest BCUT2D eigenvalue weighted by Gasteiger charge is -2.28. The molecule has 1 aliphatic heterocycles. The van der Waals surface area contributed by atoms with Crippen molar-refractivity contribution < 1.29 is 4.79 Å². The van der Waals surface area contributed by atoms with Gasteiger partial charge in [0.1, 0.15) is 11.5 Å². The molecule has 0 unspecified atom stereocenters. The maximum absolute atomic E-state index is 12.8. The van der Waals surface area contributed by atoms with E-state index in [1.54, 1.807) is 24.4 Å². The van der Waals surface area contributed by atoms with Crippen molar-refractivity contribution in [3.05, 3.63) is 70.6 Å². The molecule has 1 aliphatic rings. The van der Waals surface area contributed by atoms with Crippen LogP contribution in [-0.4, -0.2) is 49.1 Å². The van der Waals surface area contributed by atoms with E-state index < -0.39 is 0 Å². The Hall–Kier alpha value is -3.65. The Morgan fingerprint density at radius 1 is 1.06 bits per heavy atom. The summed E-state index contributed by atoms with van der Waals surface area (Å²) in [7, 11) is 1.89. The number of aromatic amines is 1. The molecule has 4 N–H and O–H groups in total. The first-order valence-electron chi connectivity index (χ1n) is 11.4. The van der Waals surface area contributed by atoms with Crippen LogP contribution in [0.1, 0.15) is 29.6 Å². The SMILES string of the molecule is CNCCNc1cccc(-c2c[nH]c(=O)c(NC(=O)c3ccc(N4CCCCC4)cc3)c2)n1. The summed E-state index contributed by atoms with van der Waals surface area (Å²) in [4.78, 5) is 34.8. The number of amides is 1. The third kappa shape index (κ3) is 5.78. The Morgan fingerprint density at radius 2 is 1.85 bits per heavy atom. The van der Waals surface area contributed by atoms with E-state index in [9.17, 15) is 9.59 Å². The summed E-state index contributed by atoms with van der Waals surface area (Å²) in [6.07, 6.45) is 5.28. The van der Waals surface area contributed by atoms with Crippen molar-refractivity contribution in [2.75, 3.05) is 48.8 Å². The van der Waals surface area contributed by atoms with Crippen LogP contribution in [0.15, 0.2) is 59.5 Å². The second-order valence-corrected chi connectivity index (χ2v) is 8.12. The van der Waals surface area contributed by atoms with Crippen molar-refractivity contribution in [3.63, 3.8) is 0 Å². The maximum Gasteiger partial charge on any atom is 0.271 e. The average Bonchev–Trinajstić information content (AvgIpc) is 2.86. The molecule has 33 heavy (non-hydrogen) atoms. The van der Waals surface area contributed by atoms with Gasteiger partial charge in [0.2, 0.25) is 0 Å². The molecule has 0 bridgehead atoms. The van der Waals surface area contributed by atoms with Gasteiger partial charge in [0, 0.05) is 49.2 Å². The van der Waals surface area contributed by atoms with E-state index in [0.717, 1.165) is 37.7 Å². The third-order valence-corrected chi connectivity index (χ3v) is 5.73. The molecule has 3 aromatic rings. The standard InChI is InChI=1S/C25H30N6O2/c1-26-12-13-27-23-7-5-6-21(29-23)19-16-22(25(33)28-17-19)30-24(32)18-8-10-20(11-9-18)31-14-3-2-4-15-31/h5-11,16-17,26H,2-4,12-15H2,1H3,(H,27,29)(H,28,33)(H,30,32). The largest absolute Gasteiger partial charge is 0.372 e. The van der Waals surface area contributed by atoms with Crippen molar-refractivity contribution >= 4 is 23.1 Å². The number of rotatable bonds is 8. The summed E-state index contributed by atoms with van der Waals surface area (Å²) in [5.74, 6) is 0.423. The summed E-state index contributed by atoms with van der Waals surface area (Å²) < 4.78 is 0. The average molecular weight is 447 g/mol. The third-order valence-electron chi connectivity index (χ3n) is 5.73. The molecule has 0 saturated carbocycles. The fourth-order valence-corrected chi connectivity index (χ4v) is 3.90. The molecule has 3 heterocycles. The number of hydrogen-bond donors (Lipinski definition) is 4. The Bertz CT molecular complexity index is 1140. The number of carbonyl (C=O) groups excluding carboxylic acids is 1. The summed E-state index contributed by atoms with van der Waals surface area (Å²) in [6, 6.07) is 14.9. The maximum atomic E-state index is 12.8. The van der Waals surface area contributed by atoms with Crippen LogP contribution in [0.5, 0.6) is 0 Å². The van der Waals surface area contributed by atoms with Gasteiger partial charge in [-0.1, -0.05) is 6.07 Å². The second-order valence-electron chi connectivity index (χ2n) is 8.12. The number of aromatic nitrogens is 2. The van der Waals surface area contributed by atoms with Gasteiger partial charge in [0.15, 0.2) is 0 Å². The van der Waals surface area contributed by atoms with Crippen molar-refractivity contribution in [3.8, 4) is 11.3 Å². The predicted octanol–water partition coefficient (Wildman–Crippen LogP) is 3.31. The molecule has 8 heteroatoms. The van der Waals surface area contributed by atoms with Crippen molar-refractivity contribution in [1.29, 1.82) is 0 Å². The molecular weight excluding hydrogens is 416 g/mol. The number of likely N-dealkylation sites (N-methyl/N-ethyl adjacent to an activating group) is 1. The minimum atomic E-state index is -0.361. The number of anilines is 3. The Labute approximate surface area is 193 Å². The van der Waals surface area contributed by atoms with E-state index >= 15 is 0 Å². The zero-order valence-electron chi connectivity index (χ0n) is 18.9. The van der Waals surface area contributed by atoms with Crippen LogP contribution in [0.2, 0.25) is 0 Å². The lowest BCUT2D eigenvalue weighted by molar-refractivity contribution is 0.102. The summed E-state index contributed by atoms with van der Waals surface area (Å²) in [6.45, 7) is 3.66. The number of carbonyl (C=O) groups is 1. The Morgan fingerprint density at radius 3 is 2.61 bits per heavy atom. The van der Waals surface area contributed by atoms with Gasteiger partial charge in [-0.05, 0) is 68.8 Å². The van der Waals surface area contributed by atoms with Gasteiger partial charge in [0.25, 0.3) is 11.5 Å². The molecule has 1 fully saturated rings. The van der Waals surface area contributed by atoms with E-state index in [1.807, 2.05) is 37.4 Å². The molecule has 4 rings (SSSR count). The van der Waals surface area contributed by atoms with Gasteiger partial charge in [-0.2, -0.15) is 0 Å². The smallest absolute Gasteiger partial charge is 0.271 e. The minimum Gasteiger partial charge on any atom is -0.372 e. The minimum absolute atomic E-state index is 0.188. The van der Waals surface area contributed by atoms with Crippen LogP contribution in [0.4, 0.5) is 17.2 Å². The van der Waals surface area contributed by atoms with Gasteiger partial charge in [-0.3, -0.25) is 9.59 Å². The monoisotopic (exact) mass is 446 g/mol. The molecule has 1 aromatic carbocycles. The summed E-state index contributed by atoms with van der Waals surface area (Å²) in [5, 5.41) is 9.07. The number of piperidine rings is 1. The number of pyridine rings is 2. The highest BCUT2D eigenvalue weighted by Gasteiger charge is 2.14. The van der Waals surface area contributed by atoms with E-state index in [1.165, 1.54) is 19.3 Å². The van der Waals surface area contributed by atoms with Crippen LogP contribution >= 0.6 is 0 Å². The zero-order valence-corrected chi connectivity index (χ0v) is 18.9. The van der Waals surface area contributed by atoms with Gasteiger partial charge < -0.3 is 25.8 Å². The van der Waals surface area contributed by atoms with Gasteiger partial charge >= 0.3 is 0 Å². The molecule has 172 valence electrons. The van der Waals surface area contributed by atoms with Gasteiger partial charge in [-0.25, -0.2) is 4.98 Å². The van der Waals surface area contributed by atoms with Crippen LogP contribution in [0, 0.1) is 0 Å². The topological polar surface area (TPSA) is 102 Å². The lowest BCUT2D eigenvalue weighted by Crippen LogP contribution is -2.29. The lowest BCUT2D eigenvalue weighted by atomic mass is 10.1. The number of H-pyrrole nitrogens is 1. The second kappa shape index (κ2) is 10.8. The molecule has 0 radical (unpaired) electrons. The Kier molecular flexibility index (Phi) is 7.36. The molecule has 0 aliphatic carbocycles. The van der Waals surface area contributed by atoms with E-state index in [4.69, 9.17) is 0 Å². The molecular formula is C25H30N6O2. The van der Waals surface area contributed by atoms with Crippen LogP contribution in [-0.2, 0) is 0 Å². The number of hydrogen-bond acceptors (Lipinski definition) is 6. The predicted molar refractivity (Wildman–Crippen MR) is 133 cm³/mol. The van der Waals surface area contributed by atoms with E-state index in [-0.39, 0.29) is 17.2 Å². The normalized spacial score (nSPS) is 13.5. The molecule has 0 atom stereocenters. The fraction of sp³-hybridized carbons (Fsp3) is 0.320. The van der Waals surface area contributed by atoms with Crippen LogP contribution < -0.4 is 26.4 Å². The van der Waals surface area contributed by atoms with Gasteiger partial charge in [0.05, 0.1) is 5.69 Å². The fourth-order valence-electron chi connectivity index (χ4n) is 3.90. The molecule has 1 amide bonds. The van der Waals surface area contributed by atoms with E-state index in [2.05, 4.69) is 30.8 Å². The number of nitrogens with one attached hydrogen (secondary N) is 4. The highest BCUT2D eigenvalue weighted by molar-refractivity contribution is 6.04. The molecule has 0 spiro atoms. The number of nitrogens with zero attached hydrogens (tertiary/aromatic N) is 2. The van der Waals surface area contributed by atoms with E-state index in [0.29, 0.717) is 16.8 Å². The first-order valence-corrected chi connectivity index (χ1v) is 11.4. The van der Waals surface area contributed by atoms with Crippen LogP contribution in [0.3, 0.4) is 0 Å². The first kappa shape index (κ1) is 22.5.